The van der Waals surface area contributed by atoms with Gasteiger partial charge in [0.2, 0.25) is 10.0 Å². The van der Waals surface area contributed by atoms with Crippen molar-refractivity contribution in [1.29, 1.82) is 0 Å². The van der Waals surface area contributed by atoms with Crippen LogP contribution < -0.4 is 10.1 Å². The summed E-state index contributed by atoms with van der Waals surface area (Å²) in [5.41, 5.74) is 1.08. The average Bonchev–Trinajstić information content (AvgIpc) is 3.27. The van der Waals surface area contributed by atoms with Gasteiger partial charge in [-0.3, -0.25) is 4.79 Å². The SMILES string of the molecule is CCOc1ccc(C(=O)NC[C@@H]2CCCO2)cc1CN(C)S(=O)(=O)c1ccccc1. The van der Waals surface area contributed by atoms with E-state index >= 15 is 0 Å². The van der Waals surface area contributed by atoms with Gasteiger partial charge in [-0.25, -0.2) is 8.42 Å². The molecular formula is C22H28N2O5S. The maximum Gasteiger partial charge on any atom is 0.251 e. The molecule has 1 saturated heterocycles. The van der Waals surface area contributed by atoms with Crippen molar-refractivity contribution in [3.63, 3.8) is 0 Å². The van der Waals surface area contributed by atoms with Crippen LogP contribution in [-0.2, 0) is 21.3 Å². The van der Waals surface area contributed by atoms with E-state index in [0.717, 1.165) is 19.4 Å². The van der Waals surface area contributed by atoms with Crippen LogP contribution in [0.5, 0.6) is 5.75 Å². The van der Waals surface area contributed by atoms with Crippen molar-refractivity contribution in [1.82, 2.24) is 9.62 Å². The number of benzene rings is 2. The Hall–Kier alpha value is -2.42. The van der Waals surface area contributed by atoms with Crippen molar-refractivity contribution in [2.45, 2.75) is 37.3 Å². The molecule has 0 radical (unpaired) electrons. The standard InChI is InChI=1S/C22H28N2O5S/c1-3-28-21-12-11-17(22(25)23-15-19-8-7-13-29-19)14-18(21)16-24(2)30(26,27)20-9-5-4-6-10-20/h4-6,9-12,14,19H,3,7-8,13,15-16H2,1-2H3,(H,23,25)/t19-/m0/s1. The molecule has 1 atom stereocenters. The summed E-state index contributed by atoms with van der Waals surface area (Å²) in [5, 5.41) is 2.89. The second kappa shape index (κ2) is 10.1. The topological polar surface area (TPSA) is 84.9 Å². The molecule has 1 fully saturated rings. The fourth-order valence-corrected chi connectivity index (χ4v) is 4.52. The first kappa shape index (κ1) is 22.3. The Bertz CT molecular complexity index is 957. The summed E-state index contributed by atoms with van der Waals surface area (Å²) in [4.78, 5) is 12.8. The van der Waals surface area contributed by atoms with Crippen molar-refractivity contribution in [2.75, 3.05) is 26.8 Å². The lowest BCUT2D eigenvalue weighted by Gasteiger charge is -2.20. The fraction of sp³-hybridized carbons (Fsp3) is 0.409. The lowest BCUT2D eigenvalue weighted by Crippen LogP contribution is -2.32. The lowest BCUT2D eigenvalue weighted by atomic mass is 10.1. The minimum atomic E-state index is -3.66. The molecule has 8 heteroatoms. The first-order valence-electron chi connectivity index (χ1n) is 10.1. The third-order valence-electron chi connectivity index (χ3n) is 4.98. The summed E-state index contributed by atoms with van der Waals surface area (Å²) < 4.78 is 38.2. The van der Waals surface area contributed by atoms with Gasteiger partial charge in [-0.2, -0.15) is 4.31 Å². The van der Waals surface area contributed by atoms with Crippen LogP contribution in [0.4, 0.5) is 0 Å². The Morgan fingerprint density at radius 1 is 1.23 bits per heavy atom. The van der Waals surface area contributed by atoms with Gasteiger partial charge in [-0.1, -0.05) is 18.2 Å². The van der Waals surface area contributed by atoms with Gasteiger partial charge >= 0.3 is 0 Å². The number of nitrogens with zero attached hydrogens (tertiary/aromatic N) is 1. The van der Waals surface area contributed by atoms with E-state index in [4.69, 9.17) is 9.47 Å². The Kier molecular flexibility index (Phi) is 7.47. The number of hydrogen-bond donors (Lipinski definition) is 1. The molecule has 0 saturated carbocycles. The Morgan fingerprint density at radius 2 is 2.00 bits per heavy atom. The van der Waals surface area contributed by atoms with Crippen LogP contribution in [0, 0.1) is 0 Å². The molecule has 7 nitrogen and oxygen atoms in total. The predicted octanol–water partition coefficient (Wildman–Crippen LogP) is 2.81. The molecule has 1 amide bonds. The number of sulfonamides is 1. The molecule has 30 heavy (non-hydrogen) atoms. The molecule has 0 bridgehead atoms. The van der Waals surface area contributed by atoms with Gasteiger partial charge in [0.1, 0.15) is 5.75 Å². The van der Waals surface area contributed by atoms with E-state index in [1.807, 2.05) is 6.92 Å². The Labute approximate surface area is 178 Å². The van der Waals surface area contributed by atoms with Gasteiger partial charge in [0.05, 0.1) is 17.6 Å². The Balaban J connectivity index is 1.77. The van der Waals surface area contributed by atoms with E-state index in [2.05, 4.69) is 5.32 Å². The minimum Gasteiger partial charge on any atom is -0.494 e. The summed E-state index contributed by atoms with van der Waals surface area (Å²) in [6.45, 7) is 3.57. The average molecular weight is 433 g/mol. The quantitative estimate of drug-likeness (QED) is 0.659. The van der Waals surface area contributed by atoms with Gasteiger partial charge in [0, 0.05) is 37.9 Å². The van der Waals surface area contributed by atoms with Crippen molar-refractivity contribution in [2.24, 2.45) is 0 Å². The van der Waals surface area contributed by atoms with Gasteiger partial charge in [-0.15, -0.1) is 0 Å². The number of carbonyl (C=O) groups excluding carboxylic acids is 1. The van der Waals surface area contributed by atoms with Crippen LogP contribution >= 0.6 is 0 Å². The fourth-order valence-electron chi connectivity index (χ4n) is 3.35. The zero-order chi connectivity index (χ0) is 21.6. The normalized spacial score (nSPS) is 16.6. The van der Waals surface area contributed by atoms with Crippen LogP contribution in [0.15, 0.2) is 53.4 Å². The number of amides is 1. The molecule has 0 aliphatic carbocycles. The first-order valence-corrected chi connectivity index (χ1v) is 11.5. The molecule has 1 heterocycles. The molecule has 1 aliphatic heterocycles. The summed E-state index contributed by atoms with van der Waals surface area (Å²) in [6, 6.07) is 13.3. The van der Waals surface area contributed by atoms with Gasteiger partial charge in [0.15, 0.2) is 0 Å². The van der Waals surface area contributed by atoms with E-state index in [1.54, 1.807) is 48.5 Å². The molecule has 1 aliphatic rings. The second-order valence-electron chi connectivity index (χ2n) is 7.17. The van der Waals surface area contributed by atoms with E-state index in [9.17, 15) is 13.2 Å². The van der Waals surface area contributed by atoms with Gasteiger partial charge in [-0.05, 0) is 50.1 Å². The monoisotopic (exact) mass is 432 g/mol. The molecule has 162 valence electrons. The van der Waals surface area contributed by atoms with Crippen LogP contribution in [-0.4, -0.2) is 51.5 Å². The molecule has 1 N–H and O–H groups in total. The van der Waals surface area contributed by atoms with Crippen LogP contribution in [0.25, 0.3) is 0 Å². The highest BCUT2D eigenvalue weighted by Gasteiger charge is 2.23. The van der Waals surface area contributed by atoms with E-state index in [-0.39, 0.29) is 23.5 Å². The highest BCUT2D eigenvalue weighted by Crippen LogP contribution is 2.25. The summed E-state index contributed by atoms with van der Waals surface area (Å²) in [6.07, 6.45) is 2.01. The van der Waals surface area contributed by atoms with E-state index in [0.29, 0.717) is 30.0 Å². The molecule has 2 aromatic rings. The maximum absolute atomic E-state index is 12.9. The molecule has 0 spiro atoms. The first-order chi connectivity index (χ1) is 14.4. The van der Waals surface area contributed by atoms with Crippen LogP contribution in [0.2, 0.25) is 0 Å². The molecule has 3 rings (SSSR count). The number of nitrogens with one attached hydrogen (secondary N) is 1. The minimum absolute atomic E-state index is 0.0540. The van der Waals surface area contributed by atoms with Crippen molar-refractivity contribution >= 4 is 15.9 Å². The number of ether oxygens (including phenoxy) is 2. The maximum atomic E-state index is 12.9. The zero-order valence-corrected chi connectivity index (χ0v) is 18.2. The molecule has 2 aromatic carbocycles. The van der Waals surface area contributed by atoms with Crippen LogP contribution in [0.3, 0.4) is 0 Å². The third-order valence-corrected chi connectivity index (χ3v) is 6.80. The van der Waals surface area contributed by atoms with Crippen molar-refractivity contribution < 1.29 is 22.7 Å². The van der Waals surface area contributed by atoms with Gasteiger partial charge < -0.3 is 14.8 Å². The smallest absolute Gasteiger partial charge is 0.251 e. The van der Waals surface area contributed by atoms with Crippen LogP contribution in [0.1, 0.15) is 35.7 Å². The summed E-state index contributed by atoms with van der Waals surface area (Å²) >= 11 is 0. The van der Waals surface area contributed by atoms with E-state index < -0.39 is 10.0 Å². The van der Waals surface area contributed by atoms with E-state index in [1.165, 1.54) is 11.4 Å². The van der Waals surface area contributed by atoms with Crippen molar-refractivity contribution in [3.8, 4) is 5.75 Å². The Morgan fingerprint density at radius 3 is 2.67 bits per heavy atom. The predicted molar refractivity (Wildman–Crippen MR) is 114 cm³/mol. The van der Waals surface area contributed by atoms with Crippen molar-refractivity contribution in [3.05, 3.63) is 59.7 Å². The zero-order valence-electron chi connectivity index (χ0n) is 17.3. The molecular weight excluding hydrogens is 404 g/mol. The molecule has 0 unspecified atom stereocenters. The summed E-state index contributed by atoms with van der Waals surface area (Å²) in [5.74, 6) is 0.339. The number of rotatable bonds is 9. The highest BCUT2D eigenvalue weighted by molar-refractivity contribution is 7.89. The number of hydrogen-bond acceptors (Lipinski definition) is 5. The third kappa shape index (κ3) is 5.38. The number of carbonyl (C=O) groups is 1. The second-order valence-corrected chi connectivity index (χ2v) is 9.22. The highest BCUT2D eigenvalue weighted by atomic mass is 32.2. The molecule has 0 aromatic heterocycles. The summed E-state index contributed by atoms with van der Waals surface area (Å²) in [7, 11) is -2.15. The van der Waals surface area contributed by atoms with Gasteiger partial charge in [0.25, 0.3) is 5.91 Å². The largest absolute Gasteiger partial charge is 0.494 e. The lowest BCUT2D eigenvalue weighted by molar-refractivity contribution is 0.0857.